The maximum absolute atomic E-state index is 11.9. The van der Waals surface area contributed by atoms with Gasteiger partial charge in [-0.2, -0.15) is 0 Å². The summed E-state index contributed by atoms with van der Waals surface area (Å²) < 4.78 is 15.1. The summed E-state index contributed by atoms with van der Waals surface area (Å²) in [6.45, 7) is 9.17. The molecule has 0 saturated heterocycles. The largest absolute Gasteiger partial charge is 0.469 e. The lowest BCUT2D eigenvalue weighted by atomic mass is 9.87. The third-order valence-electron chi connectivity index (χ3n) is 3.44. The fourth-order valence-electron chi connectivity index (χ4n) is 1.75. The highest BCUT2D eigenvalue weighted by Crippen LogP contribution is 2.38. The van der Waals surface area contributed by atoms with Gasteiger partial charge in [-0.25, -0.2) is 4.57 Å². The Hall–Kier alpha value is -0.990. The van der Waals surface area contributed by atoms with E-state index in [1.165, 1.54) is 13.8 Å². The quantitative estimate of drug-likeness (QED) is 0.347. The summed E-state index contributed by atoms with van der Waals surface area (Å²) in [7, 11) is -4.69. The summed E-state index contributed by atoms with van der Waals surface area (Å²) in [5.74, 6) is -0.940. The molecule has 0 bridgehead atoms. The molecule has 10 heteroatoms. The van der Waals surface area contributed by atoms with E-state index in [-0.39, 0.29) is 24.3 Å². The maximum atomic E-state index is 11.9. The van der Waals surface area contributed by atoms with Gasteiger partial charge in [-0.3, -0.25) is 14.1 Å². The van der Waals surface area contributed by atoms with Crippen molar-refractivity contribution in [2.24, 2.45) is 10.8 Å². The number of rotatable bonds is 10. The molecule has 0 saturated carbocycles. The standard InChI is InChI=1S/C15H31N2O7P/c1-14(2,3)7-9-16-11(18)6-8-17-13(20)12(19)15(4,5)10-24-25(21,22)23/h12,19H,6-10H2,1-5H3,(H,16,18)(H,17,20)(H2,21,22,23)/t12-/m1/s1. The average Bonchev–Trinajstić information content (AvgIpc) is 2.42. The lowest BCUT2D eigenvalue weighted by Crippen LogP contribution is -2.46. The first-order chi connectivity index (χ1) is 11.1. The predicted octanol–water partition coefficient (Wildman–Crippen LogP) is 0.541. The van der Waals surface area contributed by atoms with Crippen molar-refractivity contribution < 1.29 is 33.6 Å². The van der Waals surface area contributed by atoms with Crippen LogP contribution in [0.25, 0.3) is 0 Å². The van der Waals surface area contributed by atoms with E-state index in [0.717, 1.165) is 6.42 Å². The van der Waals surface area contributed by atoms with E-state index in [9.17, 15) is 19.3 Å². The topological polar surface area (TPSA) is 145 Å². The van der Waals surface area contributed by atoms with Crippen LogP contribution in [0.4, 0.5) is 0 Å². The molecule has 0 heterocycles. The first kappa shape index (κ1) is 24.0. The lowest BCUT2D eigenvalue weighted by molar-refractivity contribution is -0.137. The second-order valence-corrected chi connectivity index (χ2v) is 9.10. The van der Waals surface area contributed by atoms with Crippen LogP contribution in [0.15, 0.2) is 0 Å². The molecule has 0 spiro atoms. The molecular formula is C15H31N2O7P. The predicted molar refractivity (Wildman–Crippen MR) is 92.5 cm³/mol. The number of amides is 2. The number of hydrogen-bond donors (Lipinski definition) is 5. The Morgan fingerprint density at radius 1 is 1.08 bits per heavy atom. The molecule has 0 unspecified atom stereocenters. The van der Waals surface area contributed by atoms with E-state index in [1.807, 2.05) is 0 Å². The molecule has 0 rings (SSSR count). The summed E-state index contributed by atoms with van der Waals surface area (Å²) >= 11 is 0. The van der Waals surface area contributed by atoms with Gasteiger partial charge in [0.25, 0.3) is 0 Å². The van der Waals surface area contributed by atoms with E-state index in [0.29, 0.717) is 6.54 Å². The minimum absolute atomic E-state index is 0.0483. The van der Waals surface area contributed by atoms with E-state index in [4.69, 9.17) is 9.79 Å². The Morgan fingerprint density at radius 2 is 1.64 bits per heavy atom. The van der Waals surface area contributed by atoms with E-state index in [2.05, 4.69) is 35.9 Å². The van der Waals surface area contributed by atoms with Gasteiger partial charge in [0.05, 0.1) is 6.61 Å². The SMILES string of the molecule is CC(C)(C)CCNC(=O)CCNC(=O)[C@@H](O)C(C)(C)COP(=O)(O)O. The van der Waals surface area contributed by atoms with Crippen LogP contribution < -0.4 is 10.6 Å². The van der Waals surface area contributed by atoms with Crippen molar-refractivity contribution in [2.75, 3.05) is 19.7 Å². The van der Waals surface area contributed by atoms with Crippen molar-refractivity contribution in [3.63, 3.8) is 0 Å². The zero-order chi connectivity index (χ0) is 19.9. The molecule has 0 aromatic rings. The molecular weight excluding hydrogens is 351 g/mol. The third kappa shape index (κ3) is 12.1. The van der Waals surface area contributed by atoms with Crippen LogP contribution in [0.3, 0.4) is 0 Å². The molecule has 0 radical (unpaired) electrons. The molecule has 0 aromatic carbocycles. The average molecular weight is 382 g/mol. The van der Waals surface area contributed by atoms with Gasteiger partial charge >= 0.3 is 7.82 Å². The van der Waals surface area contributed by atoms with Crippen LogP contribution in [0.2, 0.25) is 0 Å². The summed E-state index contributed by atoms with van der Waals surface area (Å²) in [6.07, 6.45) is -0.637. The maximum Gasteiger partial charge on any atom is 0.469 e. The number of carbonyl (C=O) groups excluding carboxylic acids is 2. The molecule has 5 N–H and O–H groups in total. The first-order valence-corrected chi connectivity index (χ1v) is 9.60. The van der Waals surface area contributed by atoms with Gasteiger partial charge in [0.15, 0.2) is 0 Å². The minimum Gasteiger partial charge on any atom is -0.383 e. The molecule has 0 aliphatic carbocycles. The third-order valence-corrected chi connectivity index (χ3v) is 3.91. The second kappa shape index (κ2) is 9.64. The van der Waals surface area contributed by atoms with Gasteiger partial charge in [0.1, 0.15) is 6.10 Å². The monoisotopic (exact) mass is 382 g/mol. The minimum atomic E-state index is -4.69. The molecule has 0 aliphatic rings. The lowest BCUT2D eigenvalue weighted by Gasteiger charge is -2.29. The fraction of sp³-hybridized carbons (Fsp3) is 0.867. The van der Waals surface area contributed by atoms with Crippen LogP contribution in [0, 0.1) is 10.8 Å². The van der Waals surface area contributed by atoms with Gasteiger partial charge in [-0.15, -0.1) is 0 Å². The van der Waals surface area contributed by atoms with Gasteiger partial charge in [0.2, 0.25) is 11.8 Å². The number of nitrogens with one attached hydrogen (secondary N) is 2. The normalized spacial score (nSPS) is 14.1. The number of phosphoric ester groups is 1. The smallest absolute Gasteiger partial charge is 0.383 e. The Kier molecular flexibility index (Phi) is 9.26. The second-order valence-electron chi connectivity index (χ2n) is 7.86. The van der Waals surface area contributed by atoms with Crippen molar-refractivity contribution in [3.05, 3.63) is 0 Å². The summed E-state index contributed by atoms with van der Waals surface area (Å²) in [5, 5.41) is 15.2. The van der Waals surface area contributed by atoms with Gasteiger partial charge in [-0.05, 0) is 11.8 Å². The number of phosphoric acid groups is 1. The van der Waals surface area contributed by atoms with Crippen LogP contribution in [0.1, 0.15) is 47.5 Å². The van der Waals surface area contributed by atoms with Crippen LogP contribution >= 0.6 is 7.82 Å². The summed E-state index contributed by atoms with van der Waals surface area (Å²) in [6, 6.07) is 0. The molecule has 148 valence electrons. The Morgan fingerprint density at radius 3 is 2.12 bits per heavy atom. The van der Waals surface area contributed by atoms with E-state index >= 15 is 0 Å². The van der Waals surface area contributed by atoms with Crippen molar-refractivity contribution in [1.82, 2.24) is 10.6 Å². The highest BCUT2D eigenvalue weighted by Gasteiger charge is 2.35. The van der Waals surface area contributed by atoms with Gasteiger partial charge in [0, 0.05) is 24.9 Å². The molecule has 0 aliphatic heterocycles. The first-order valence-electron chi connectivity index (χ1n) is 8.07. The zero-order valence-corrected chi connectivity index (χ0v) is 16.4. The van der Waals surface area contributed by atoms with Crippen molar-refractivity contribution >= 4 is 19.6 Å². The Balaban J connectivity index is 4.19. The van der Waals surface area contributed by atoms with Crippen molar-refractivity contribution in [2.45, 2.75) is 53.6 Å². The highest BCUT2D eigenvalue weighted by atomic mass is 31.2. The summed E-state index contributed by atoms with van der Waals surface area (Å²) in [5.41, 5.74) is -1.09. The molecule has 0 aromatic heterocycles. The Bertz CT molecular complexity index is 497. The molecule has 25 heavy (non-hydrogen) atoms. The molecule has 0 fully saturated rings. The number of aliphatic hydroxyl groups is 1. The van der Waals surface area contributed by atoms with Crippen LogP contribution in [-0.4, -0.2) is 52.5 Å². The van der Waals surface area contributed by atoms with Crippen LogP contribution in [0.5, 0.6) is 0 Å². The molecule has 1 atom stereocenters. The molecule has 9 nitrogen and oxygen atoms in total. The fourth-order valence-corrected chi connectivity index (χ4v) is 2.25. The number of hydrogen-bond acceptors (Lipinski definition) is 5. The zero-order valence-electron chi connectivity index (χ0n) is 15.5. The van der Waals surface area contributed by atoms with E-state index in [1.54, 1.807) is 0 Å². The van der Waals surface area contributed by atoms with E-state index < -0.39 is 31.9 Å². The summed E-state index contributed by atoms with van der Waals surface area (Å²) in [4.78, 5) is 40.9. The van der Waals surface area contributed by atoms with Gasteiger partial charge < -0.3 is 25.5 Å². The highest BCUT2D eigenvalue weighted by molar-refractivity contribution is 7.46. The van der Waals surface area contributed by atoms with Gasteiger partial charge in [-0.1, -0.05) is 34.6 Å². The van der Waals surface area contributed by atoms with Crippen molar-refractivity contribution in [1.29, 1.82) is 0 Å². The number of carbonyl (C=O) groups is 2. The van der Waals surface area contributed by atoms with Crippen LogP contribution in [-0.2, 0) is 18.7 Å². The van der Waals surface area contributed by atoms with Crippen molar-refractivity contribution in [3.8, 4) is 0 Å². The number of aliphatic hydroxyl groups excluding tert-OH is 1. The molecule has 2 amide bonds. The Labute approximate surface area is 148 Å².